The van der Waals surface area contributed by atoms with Crippen molar-refractivity contribution in [1.29, 1.82) is 0 Å². The number of fused-ring (bicyclic) bond motifs is 1. The summed E-state index contributed by atoms with van der Waals surface area (Å²) in [6.07, 6.45) is 1.19. The number of benzene rings is 1. The van der Waals surface area contributed by atoms with Crippen LogP contribution in [-0.4, -0.2) is 25.7 Å². The van der Waals surface area contributed by atoms with Crippen LogP contribution in [0.4, 0.5) is 0 Å². The van der Waals surface area contributed by atoms with Gasteiger partial charge >= 0.3 is 0 Å². The van der Waals surface area contributed by atoms with E-state index in [1.54, 1.807) is 0 Å². The summed E-state index contributed by atoms with van der Waals surface area (Å²) in [5.74, 6) is 1.53. The van der Waals surface area contributed by atoms with Crippen molar-refractivity contribution in [3.63, 3.8) is 0 Å². The minimum atomic E-state index is 0.0235. The zero-order chi connectivity index (χ0) is 12.8. The van der Waals surface area contributed by atoms with Crippen LogP contribution < -0.4 is 20.5 Å². The lowest BCUT2D eigenvalue weighted by Gasteiger charge is -2.18. The highest BCUT2D eigenvalue weighted by molar-refractivity contribution is 5.75. The molecule has 98 valence electrons. The average molecular weight is 250 g/mol. The zero-order valence-electron chi connectivity index (χ0n) is 10.3. The summed E-state index contributed by atoms with van der Waals surface area (Å²) in [4.78, 5) is 11.4. The van der Waals surface area contributed by atoms with E-state index >= 15 is 0 Å². The van der Waals surface area contributed by atoms with E-state index in [1.807, 2.05) is 18.2 Å². The summed E-state index contributed by atoms with van der Waals surface area (Å²) in [6.45, 7) is 2.19. The van der Waals surface area contributed by atoms with Crippen LogP contribution >= 0.6 is 0 Å². The molecule has 5 nitrogen and oxygen atoms in total. The molecule has 1 aromatic rings. The first-order chi connectivity index (χ1) is 8.79. The second-order valence-electron chi connectivity index (χ2n) is 4.15. The number of carbonyl (C=O) groups is 1. The van der Waals surface area contributed by atoms with Crippen molar-refractivity contribution in [3.05, 3.63) is 23.8 Å². The summed E-state index contributed by atoms with van der Waals surface area (Å²) in [5, 5.41) is 2.85. The molecular weight excluding hydrogens is 232 g/mol. The maximum atomic E-state index is 11.4. The van der Waals surface area contributed by atoms with Gasteiger partial charge in [-0.05, 0) is 30.7 Å². The first-order valence-electron chi connectivity index (χ1n) is 6.15. The highest BCUT2D eigenvalue weighted by Gasteiger charge is 2.11. The van der Waals surface area contributed by atoms with Gasteiger partial charge in [-0.25, -0.2) is 0 Å². The van der Waals surface area contributed by atoms with Gasteiger partial charge in [0, 0.05) is 13.0 Å². The van der Waals surface area contributed by atoms with E-state index in [0.29, 0.717) is 39.1 Å². The molecule has 18 heavy (non-hydrogen) atoms. The van der Waals surface area contributed by atoms with Crippen LogP contribution in [0.3, 0.4) is 0 Å². The molecule has 0 bridgehead atoms. The number of hydrogen-bond donors (Lipinski definition) is 2. The summed E-state index contributed by atoms with van der Waals surface area (Å²) < 4.78 is 10.9. The molecule has 0 spiro atoms. The molecule has 1 aliphatic rings. The number of hydrogen-bond acceptors (Lipinski definition) is 4. The van der Waals surface area contributed by atoms with Gasteiger partial charge in [-0.1, -0.05) is 6.07 Å². The van der Waals surface area contributed by atoms with Gasteiger partial charge in [0.2, 0.25) is 5.91 Å². The molecule has 0 aliphatic carbocycles. The molecule has 0 aromatic heterocycles. The Kier molecular flexibility index (Phi) is 4.41. The summed E-state index contributed by atoms with van der Waals surface area (Å²) in [5.41, 5.74) is 6.35. The second kappa shape index (κ2) is 6.26. The average Bonchev–Trinajstić information content (AvgIpc) is 2.42. The van der Waals surface area contributed by atoms with Gasteiger partial charge < -0.3 is 20.5 Å². The topological polar surface area (TPSA) is 73.6 Å². The van der Waals surface area contributed by atoms with Gasteiger partial charge in [0.25, 0.3) is 0 Å². The first-order valence-corrected chi connectivity index (χ1v) is 6.15. The number of carbonyl (C=O) groups excluding carboxylic acids is 1. The molecule has 1 amide bonds. The molecule has 0 fully saturated rings. The number of ether oxygens (including phenoxy) is 2. The van der Waals surface area contributed by atoms with Crippen molar-refractivity contribution in [2.45, 2.75) is 19.4 Å². The van der Waals surface area contributed by atoms with Gasteiger partial charge in [-0.15, -0.1) is 0 Å². The molecule has 2 rings (SSSR count). The van der Waals surface area contributed by atoms with Gasteiger partial charge in [-0.2, -0.15) is 0 Å². The number of nitrogens with two attached hydrogens (primary N) is 1. The lowest BCUT2D eigenvalue weighted by Crippen LogP contribution is -2.23. The Balaban J connectivity index is 1.88. The van der Waals surface area contributed by atoms with Gasteiger partial charge in [0.05, 0.1) is 0 Å². The molecule has 0 atom stereocenters. The Morgan fingerprint density at radius 3 is 2.83 bits per heavy atom. The molecule has 1 aliphatic heterocycles. The molecular formula is C13H18N2O3. The zero-order valence-corrected chi connectivity index (χ0v) is 10.3. The quantitative estimate of drug-likeness (QED) is 0.811. The van der Waals surface area contributed by atoms with Crippen molar-refractivity contribution in [2.24, 2.45) is 5.73 Å². The summed E-state index contributed by atoms with van der Waals surface area (Å²) in [7, 11) is 0. The van der Waals surface area contributed by atoms with Crippen molar-refractivity contribution in [1.82, 2.24) is 5.32 Å². The fraction of sp³-hybridized carbons (Fsp3) is 0.462. The van der Waals surface area contributed by atoms with Crippen molar-refractivity contribution < 1.29 is 14.3 Å². The highest BCUT2D eigenvalue weighted by Crippen LogP contribution is 2.30. The van der Waals surface area contributed by atoms with Crippen molar-refractivity contribution in [2.75, 3.05) is 19.8 Å². The predicted molar refractivity (Wildman–Crippen MR) is 67.6 cm³/mol. The van der Waals surface area contributed by atoms with E-state index in [0.717, 1.165) is 17.1 Å². The number of nitrogens with one attached hydrogen (secondary N) is 1. The largest absolute Gasteiger partial charge is 0.486 e. The van der Waals surface area contributed by atoms with E-state index in [-0.39, 0.29) is 5.91 Å². The van der Waals surface area contributed by atoms with E-state index in [9.17, 15) is 4.79 Å². The fourth-order valence-electron chi connectivity index (χ4n) is 1.75. The lowest BCUT2D eigenvalue weighted by atomic mass is 10.2. The van der Waals surface area contributed by atoms with E-state index in [1.165, 1.54) is 0 Å². The fourth-order valence-corrected chi connectivity index (χ4v) is 1.75. The van der Waals surface area contributed by atoms with Gasteiger partial charge in [0.15, 0.2) is 11.5 Å². The number of rotatable bonds is 5. The maximum Gasteiger partial charge on any atom is 0.220 e. The smallest absolute Gasteiger partial charge is 0.220 e. The summed E-state index contributed by atoms with van der Waals surface area (Å²) in [6, 6.07) is 5.70. The molecule has 0 radical (unpaired) electrons. The van der Waals surface area contributed by atoms with Crippen LogP contribution in [0.2, 0.25) is 0 Å². The van der Waals surface area contributed by atoms with Crippen LogP contribution in [0, 0.1) is 0 Å². The first kappa shape index (κ1) is 12.7. The predicted octanol–water partition coefficient (Wildman–Crippen LogP) is 0.813. The van der Waals surface area contributed by atoms with Crippen molar-refractivity contribution >= 4 is 5.91 Å². The molecule has 1 aromatic carbocycles. The third kappa shape index (κ3) is 3.37. The monoisotopic (exact) mass is 250 g/mol. The SMILES string of the molecule is NCCCC(=O)NCc1ccc2c(c1)OCCO2. The van der Waals surface area contributed by atoms with Crippen LogP contribution in [-0.2, 0) is 11.3 Å². The maximum absolute atomic E-state index is 11.4. The van der Waals surface area contributed by atoms with Crippen LogP contribution in [0.15, 0.2) is 18.2 Å². The third-order valence-electron chi connectivity index (χ3n) is 2.70. The van der Waals surface area contributed by atoms with E-state index in [2.05, 4.69) is 5.32 Å². The standard InChI is InChI=1S/C13H18N2O3/c14-5-1-2-13(16)15-9-10-3-4-11-12(8-10)18-7-6-17-11/h3-4,8H,1-2,5-7,9,14H2,(H,15,16). The molecule has 5 heteroatoms. The molecule has 3 N–H and O–H groups in total. The molecule has 0 unspecified atom stereocenters. The Morgan fingerprint density at radius 2 is 2.06 bits per heavy atom. The van der Waals surface area contributed by atoms with Gasteiger partial charge in [-0.3, -0.25) is 4.79 Å². The Bertz CT molecular complexity index is 421. The van der Waals surface area contributed by atoms with E-state index < -0.39 is 0 Å². The lowest BCUT2D eigenvalue weighted by molar-refractivity contribution is -0.121. The van der Waals surface area contributed by atoms with E-state index in [4.69, 9.17) is 15.2 Å². The highest BCUT2D eigenvalue weighted by atomic mass is 16.6. The van der Waals surface area contributed by atoms with Crippen LogP contribution in [0.1, 0.15) is 18.4 Å². The normalized spacial score (nSPS) is 13.2. The summed E-state index contributed by atoms with van der Waals surface area (Å²) >= 11 is 0. The van der Waals surface area contributed by atoms with Crippen LogP contribution in [0.5, 0.6) is 11.5 Å². The Labute approximate surface area is 106 Å². The molecule has 0 saturated carbocycles. The third-order valence-corrected chi connectivity index (χ3v) is 2.70. The molecule has 1 heterocycles. The van der Waals surface area contributed by atoms with Gasteiger partial charge in [0.1, 0.15) is 13.2 Å². The van der Waals surface area contributed by atoms with Crippen LogP contribution in [0.25, 0.3) is 0 Å². The number of amides is 1. The Hall–Kier alpha value is -1.75. The second-order valence-corrected chi connectivity index (χ2v) is 4.15. The molecule has 0 saturated heterocycles. The Morgan fingerprint density at radius 1 is 1.28 bits per heavy atom. The minimum absolute atomic E-state index is 0.0235. The van der Waals surface area contributed by atoms with Crippen molar-refractivity contribution in [3.8, 4) is 11.5 Å². The minimum Gasteiger partial charge on any atom is -0.486 e.